The number of aryl methyl sites for hydroxylation is 1. The Morgan fingerprint density at radius 2 is 1.97 bits per heavy atom. The van der Waals surface area contributed by atoms with Gasteiger partial charge in [-0.2, -0.15) is 5.10 Å². The lowest BCUT2D eigenvalue weighted by atomic mass is 9.74. The molecule has 158 valence electrons. The normalized spacial score (nSPS) is 20.5. The van der Waals surface area contributed by atoms with Crippen molar-refractivity contribution in [3.8, 4) is 5.69 Å². The first-order chi connectivity index (χ1) is 14.5. The summed E-state index contributed by atoms with van der Waals surface area (Å²) in [7, 11) is 0. The molecule has 1 aliphatic carbocycles. The average molecular weight is 422 g/mol. The van der Waals surface area contributed by atoms with Gasteiger partial charge in [-0.1, -0.05) is 32.0 Å². The van der Waals surface area contributed by atoms with Gasteiger partial charge in [0, 0.05) is 48.0 Å². The predicted molar refractivity (Wildman–Crippen MR) is 124 cm³/mol. The number of rotatable bonds is 5. The van der Waals surface area contributed by atoms with Crippen molar-refractivity contribution in [2.45, 2.75) is 59.0 Å². The summed E-state index contributed by atoms with van der Waals surface area (Å²) in [6.07, 6.45) is 8.88. The summed E-state index contributed by atoms with van der Waals surface area (Å²) in [6.45, 7) is 10.1. The number of aromatic nitrogens is 3. The van der Waals surface area contributed by atoms with Crippen LogP contribution in [0.25, 0.3) is 5.69 Å². The van der Waals surface area contributed by atoms with Crippen LogP contribution in [0.3, 0.4) is 0 Å². The van der Waals surface area contributed by atoms with Gasteiger partial charge in [-0.3, -0.25) is 0 Å². The monoisotopic (exact) mass is 421 g/mol. The van der Waals surface area contributed by atoms with Gasteiger partial charge in [0.15, 0.2) is 5.13 Å². The number of thiazole rings is 1. The van der Waals surface area contributed by atoms with Gasteiger partial charge < -0.3 is 10.2 Å². The summed E-state index contributed by atoms with van der Waals surface area (Å²) in [5, 5.41) is 9.83. The second-order valence-corrected chi connectivity index (χ2v) is 10.6. The van der Waals surface area contributed by atoms with E-state index < -0.39 is 0 Å². The number of anilines is 1. The minimum Gasteiger partial charge on any atom is -0.348 e. The molecule has 0 bridgehead atoms. The SMILES string of the molecule is Cc1ccccc1-n1ncc2c1CC(C)(C)C[C@H]2NCc1cnc(N2CCCC2)s1. The van der Waals surface area contributed by atoms with Gasteiger partial charge in [0.2, 0.25) is 0 Å². The van der Waals surface area contributed by atoms with Crippen LogP contribution >= 0.6 is 11.3 Å². The van der Waals surface area contributed by atoms with Crippen molar-refractivity contribution in [3.05, 3.63) is 58.4 Å². The highest BCUT2D eigenvalue weighted by molar-refractivity contribution is 7.15. The Hall–Kier alpha value is -2.18. The molecule has 1 fully saturated rings. The molecule has 0 radical (unpaired) electrons. The molecule has 1 N–H and O–H groups in total. The van der Waals surface area contributed by atoms with Gasteiger partial charge in [0.05, 0.1) is 11.9 Å². The van der Waals surface area contributed by atoms with E-state index in [4.69, 9.17) is 5.10 Å². The van der Waals surface area contributed by atoms with Crippen molar-refractivity contribution in [2.24, 2.45) is 5.41 Å². The van der Waals surface area contributed by atoms with Crippen molar-refractivity contribution in [2.75, 3.05) is 18.0 Å². The van der Waals surface area contributed by atoms with Crippen LogP contribution in [0.5, 0.6) is 0 Å². The Kier molecular flexibility index (Phi) is 5.15. The maximum Gasteiger partial charge on any atom is 0.185 e. The highest BCUT2D eigenvalue weighted by atomic mass is 32.1. The third-order valence-corrected chi connectivity index (χ3v) is 7.52. The van der Waals surface area contributed by atoms with Gasteiger partial charge in [0.25, 0.3) is 0 Å². The van der Waals surface area contributed by atoms with Crippen molar-refractivity contribution in [1.29, 1.82) is 0 Å². The third kappa shape index (κ3) is 3.79. The van der Waals surface area contributed by atoms with E-state index in [9.17, 15) is 0 Å². The van der Waals surface area contributed by atoms with E-state index >= 15 is 0 Å². The molecular weight excluding hydrogens is 390 g/mol. The van der Waals surface area contributed by atoms with Crippen molar-refractivity contribution < 1.29 is 0 Å². The van der Waals surface area contributed by atoms with Crippen LogP contribution in [-0.4, -0.2) is 27.9 Å². The van der Waals surface area contributed by atoms with Gasteiger partial charge in [-0.25, -0.2) is 9.67 Å². The quantitative estimate of drug-likeness (QED) is 0.627. The number of nitrogens with one attached hydrogen (secondary N) is 1. The third-order valence-electron chi connectivity index (χ3n) is 6.46. The number of para-hydroxylation sites is 1. The molecule has 30 heavy (non-hydrogen) atoms. The number of fused-ring (bicyclic) bond motifs is 1. The molecule has 3 heterocycles. The largest absolute Gasteiger partial charge is 0.348 e. The Morgan fingerprint density at radius 3 is 2.77 bits per heavy atom. The second kappa shape index (κ2) is 7.82. The molecule has 5 nitrogen and oxygen atoms in total. The van der Waals surface area contributed by atoms with E-state index in [2.05, 4.69) is 77.3 Å². The standard InChI is InChI=1S/C24H31N5S/c1-17-8-4-5-9-21(17)29-22-13-24(2,3)12-20(19(22)16-27-29)25-14-18-15-26-23(30-18)28-10-6-7-11-28/h4-5,8-9,15-16,20,25H,6-7,10-14H2,1-3H3/t20-/m1/s1. The molecule has 5 rings (SSSR count). The van der Waals surface area contributed by atoms with Crippen LogP contribution in [0.4, 0.5) is 5.13 Å². The summed E-state index contributed by atoms with van der Waals surface area (Å²) in [4.78, 5) is 8.41. The van der Waals surface area contributed by atoms with Gasteiger partial charge in [-0.15, -0.1) is 11.3 Å². The molecule has 0 saturated carbocycles. The van der Waals surface area contributed by atoms with Gasteiger partial charge in [-0.05, 0) is 49.7 Å². The summed E-state index contributed by atoms with van der Waals surface area (Å²) >= 11 is 1.84. The zero-order valence-corrected chi connectivity index (χ0v) is 19.0. The van der Waals surface area contributed by atoms with Gasteiger partial charge in [0.1, 0.15) is 0 Å². The summed E-state index contributed by atoms with van der Waals surface area (Å²) in [5.41, 5.74) is 5.38. The second-order valence-electron chi connectivity index (χ2n) is 9.53. The highest BCUT2D eigenvalue weighted by Crippen LogP contribution is 2.42. The van der Waals surface area contributed by atoms with Gasteiger partial charge >= 0.3 is 0 Å². The lowest BCUT2D eigenvalue weighted by molar-refractivity contribution is 0.253. The molecule has 6 heteroatoms. The summed E-state index contributed by atoms with van der Waals surface area (Å²) < 4.78 is 2.17. The van der Waals surface area contributed by atoms with Crippen LogP contribution in [0.2, 0.25) is 0 Å². The number of benzene rings is 1. The molecule has 1 aliphatic heterocycles. The van der Waals surface area contributed by atoms with Crippen LogP contribution < -0.4 is 10.2 Å². The number of hydrogen-bond donors (Lipinski definition) is 1. The fraction of sp³-hybridized carbons (Fsp3) is 0.500. The molecule has 0 unspecified atom stereocenters. The molecular formula is C24H31N5S. The Morgan fingerprint density at radius 1 is 1.17 bits per heavy atom. The Bertz CT molecular complexity index is 1030. The zero-order valence-electron chi connectivity index (χ0n) is 18.2. The van der Waals surface area contributed by atoms with E-state index in [0.717, 1.165) is 32.5 Å². The lowest BCUT2D eigenvalue weighted by Crippen LogP contribution is -2.33. The minimum atomic E-state index is 0.236. The average Bonchev–Trinajstić information content (AvgIpc) is 3.46. The topological polar surface area (TPSA) is 46.0 Å². The Balaban J connectivity index is 1.37. The predicted octanol–water partition coefficient (Wildman–Crippen LogP) is 5.04. The van der Waals surface area contributed by atoms with E-state index in [1.54, 1.807) is 0 Å². The minimum absolute atomic E-state index is 0.236. The molecule has 2 aliphatic rings. The fourth-order valence-electron chi connectivity index (χ4n) is 4.89. The first kappa shape index (κ1) is 19.8. The van der Waals surface area contributed by atoms with E-state index in [0.29, 0.717) is 6.04 Å². The molecule has 2 aromatic heterocycles. The molecule has 0 amide bonds. The first-order valence-corrected chi connectivity index (χ1v) is 11.9. The lowest BCUT2D eigenvalue weighted by Gasteiger charge is -2.36. The maximum absolute atomic E-state index is 4.82. The van der Waals surface area contributed by atoms with E-state index in [1.165, 1.54) is 45.4 Å². The molecule has 1 saturated heterocycles. The highest BCUT2D eigenvalue weighted by Gasteiger charge is 2.35. The first-order valence-electron chi connectivity index (χ1n) is 11.1. The van der Waals surface area contributed by atoms with Crippen molar-refractivity contribution in [1.82, 2.24) is 20.1 Å². The van der Waals surface area contributed by atoms with E-state index in [1.807, 2.05) is 11.3 Å². The smallest absolute Gasteiger partial charge is 0.185 e. The van der Waals surface area contributed by atoms with E-state index in [-0.39, 0.29) is 5.41 Å². The van der Waals surface area contributed by atoms with Crippen molar-refractivity contribution in [3.63, 3.8) is 0 Å². The zero-order chi connectivity index (χ0) is 20.7. The van der Waals surface area contributed by atoms with Crippen LogP contribution in [-0.2, 0) is 13.0 Å². The van der Waals surface area contributed by atoms with Crippen LogP contribution in [0.15, 0.2) is 36.7 Å². The molecule has 3 aromatic rings. The van der Waals surface area contributed by atoms with Crippen LogP contribution in [0.1, 0.15) is 60.8 Å². The van der Waals surface area contributed by atoms with Crippen molar-refractivity contribution >= 4 is 16.5 Å². The number of hydrogen-bond acceptors (Lipinski definition) is 5. The Labute approximate surface area is 183 Å². The van der Waals surface area contributed by atoms with Crippen LogP contribution in [0, 0.1) is 12.3 Å². The maximum atomic E-state index is 4.82. The molecule has 1 aromatic carbocycles. The molecule has 1 atom stereocenters. The summed E-state index contributed by atoms with van der Waals surface area (Å²) in [5.74, 6) is 0. The fourth-order valence-corrected chi connectivity index (χ4v) is 5.80. The summed E-state index contributed by atoms with van der Waals surface area (Å²) in [6, 6.07) is 8.84. The molecule has 0 spiro atoms. The number of nitrogens with zero attached hydrogens (tertiary/aromatic N) is 4.